The number of amides is 1. The van der Waals surface area contributed by atoms with Crippen LogP contribution in [0.3, 0.4) is 0 Å². The topological polar surface area (TPSA) is 76.1 Å². The number of aromatic nitrogens is 2. The molecule has 1 aromatic heterocycles. The number of nitrogens with one attached hydrogen (secondary N) is 2. The lowest BCUT2D eigenvalue weighted by atomic mass is 10.2. The number of halogens is 1. The number of nitrogens with zero attached hydrogens (tertiary/aromatic N) is 2. The van der Waals surface area contributed by atoms with E-state index in [2.05, 4.69) is 20.6 Å². The Balaban J connectivity index is 1.72. The summed E-state index contributed by atoms with van der Waals surface area (Å²) in [6.45, 7) is 4.37. The number of aryl methyl sites for hydroxylation is 1. The van der Waals surface area contributed by atoms with Crippen molar-refractivity contribution in [2.75, 3.05) is 17.2 Å². The van der Waals surface area contributed by atoms with Gasteiger partial charge in [-0.15, -0.1) is 0 Å². The second-order valence-electron chi connectivity index (χ2n) is 5.76. The number of rotatable bonds is 6. The van der Waals surface area contributed by atoms with E-state index < -0.39 is 0 Å². The summed E-state index contributed by atoms with van der Waals surface area (Å²) in [4.78, 5) is 20.8. The molecule has 0 bridgehead atoms. The van der Waals surface area contributed by atoms with Gasteiger partial charge in [-0.3, -0.25) is 4.79 Å². The maximum Gasteiger partial charge on any atom is 0.258 e. The van der Waals surface area contributed by atoms with Gasteiger partial charge in [-0.25, -0.2) is 9.97 Å². The first-order valence-corrected chi connectivity index (χ1v) is 8.83. The minimum Gasteiger partial charge on any atom is -0.492 e. The van der Waals surface area contributed by atoms with E-state index in [0.29, 0.717) is 34.6 Å². The van der Waals surface area contributed by atoms with Gasteiger partial charge in [-0.1, -0.05) is 29.8 Å². The van der Waals surface area contributed by atoms with Crippen molar-refractivity contribution in [3.8, 4) is 5.75 Å². The van der Waals surface area contributed by atoms with E-state index in [1.54, 1.807) is 12.1 Å². The zero-order chi connectivity index (χ0) is 19.2. The second-order valence-corrected chi connectivity index (χ2v) is 6.20. The Hall–Kier alpha value is -3.12. The average Bonchev–Trinajstić information content (AvgIpc) is 2.67. The Morgan fingerprint density at radius 2 is 1.85 bits per heavy atom. The molecule has 0 spiro atoms. The summed E-state index contributed by atoms with van der Waals surface area (Å²) in [6, 6.07) is 12.8. The lowest BCUT2D eigenvalue weighted by Gasteiger charge is -2.11. The molecule has 0 radical (unpaired) electrons. The Bertz CT molecular complexity index is 945. The van der Waals surface area contributed by atoms with Crippen LogP contribution < -0.4 is 15.4 Å². The summed E-state index contributed by atoms with van der Waals surface area (Å²) in [7, 11) is 0. The lowest BCUT2D eigenvalue weighted by Crippen LogP contribution is -2.14. The predicted octanol–water partition coefficient (Wildman–Crippen LogP) is 4.83. The summed E-state index contributed by atoms with van der Waals surface area (Å²) < 4.78 is 5.57. The van der Waals surface area contributed by atoms with Crippen molar-refractivity contribution in [2.24, 2.45) is 0 Å². The molecule has 0 fully saturated rings. The first kappa shape index (κ1) is 18.7. The summed E-state index contributed by atoms with van der Waals surface area (Å²) in [6.07, 6.45) is 2.93. The lowest BCUT2D eigenvalue weighted by molar-refractivity contribution is 0.102. The molecule has 0 saturated carbocycles. The summed E-state index contributed by atoms with van der Waals surface area (Å²) in [5.74, 6) is 0.779. The predicted molar refractivity (Wildman–Crippen MR) is 107 cm³/mol. The van der Waals surface area contributed by atoms with Crippen LogP contribution in [-0.4, -0.2) is 22.5 Å². The fraction of sp³-hybridized carbons (Fsp3) is 0.150. The normalized spacial score (nSPS) is 10.3. The molecular formula is C20H19ClN4O2. The van der Waals surface area contributed by atoms with E-state index in [9.17, 15) is 4.79 Å². The van der Waals surface area contributed by atoms with E-state index in [1.807, 2.05) is 44.2 Å². The van der Waals surface area contributed by atoms with Gasteiger partial charge in [0.15, 0.2) is 0 Å². The first-order valence-electron chi connectivity index (χ1n) is 8.45. The van der Waals surface area contributed by atoms with E-state index in [1.165, 1.54) is 12.4 Å². The number of benzene rings is 2. The Labute approximate surface area is 162 Å². The molecule has 27 heavy (non-hydrogen) atoms. The van der Waals surface area contributed by atoms with Gasteiger partial charge in [0.1, 0.15) is 5.75 Å². The van der Waals surface area contributed by atoms with Gasteiger partial charge < -0.3 is 15.4 Å². The molecule has 1 heterocycles. The van der Waals surface area contributed by atoms with Crippen LogP contribution in [0.5, 0.6) is 5.75 Å². The third kappa shape index (κ3) is 4.74. The maximum absolute atomic E-state index is 12.4. The highest BCUT2D eigenvalue weighted by atomic mass is 35.5. The molecule has 138 valence electrons. The van der Waals surface area contributed by atoms with E-state index in [4.69, 9.17) is 16.3 Å². The number of para-hydroxylation sites is 2. The fourth-order valence-electron chi connectivity index (χ4n) is 2.40. The van der Waals surface area contributed by atoms with E-state index >= 15 is 0 Å². The SMILES string of the molecule is CCOc1ccccc1Nc1ncc(C(=O)Nc2cc(Cl)ccc2C)cn1. The summed E-state index contributed by atoms with van der Waals surface area (Å²) >= 11 is 5.98. The molecule has 0 aliphatic carbocycles. The Kier molecular flexibility index (Phi) is 5.88. The monoisotopic (exact) mass is 382 g/mol. The van der Waals surface area contributed by atoms with Gasteiger partial charge in [0.2, 0.25) is 5.95 Å². The van der Waals surface area contributed by atoms with Crippen LogP contribution in [0.2, 0.25) is 5.02 Å². The maximum atomic E-state index is 12.4. The van der Waals surface area contributed by atoms with Gasteiger partial charge in [-0.05, 0) is 43.7 Å². The van der Waals surface area contributed by atoms with Crippen LogP contribution in [0, 0.1) is 6.92 Å². The molecule has 2 aromatic carbocycles. The van der Waals surface area contributed by atoms with Gasteiger partial charge >= 0.3 is 0 Å². The van der Waals surface area contributed by atoms with Crippen molar-refractivity contribution >= 4 is 34.8 Å². The summed E-state index contributed by atoms with van der Waals surface area (Å²) in [5.41, 5.74) is 2.67. The third-order valence-corrected chi connectivity index (χ3v) is 4.03. The number of ether oxygens (including phenoxy) is 1. The van der Waals surface area contributed by atoms with Gasteiger partial charge in [0, 0.05) is 23.1 Å². The van der Waals surface area contributed by atoms with Gasteiger partial charge in [0.25, 0.3) is 5.91 Å². The zero-order valence-corrected chi connectivity index (χ0v) is 15.7. The highest BCUT2D eigenvalue weighted by Crippen LogP contribution is 2.26. The highest BCUT2D eigenvalue weighted by molar-refractivity contribution is 6.31. The highest BCUT2D eigenvalue weighted by Gasteiger charge is 2.10. The Morgan fingerprint density at radius 3 is 2.59 bits per heavy atom. The van der Waals surface area contributed by atoms with Crippen LogP contribution in [0.25, 0.3) is 0 Å². The molecule has 6 nitrogen and oxygen atoms in total. The fourth-order valence-corrected chi connectivity index (χ4v) is 2.58. The smallest absolute Gasteiger partial charge is 0.258 e. The molecule has 0 aliphatic rings. The van der Waals surface area contributed by atoms with Crippen molar-refractivity contribution in [3.05, 3.63) is 71.0 Å². The number of hydrogen-bond donors (Lipinski definition) is 2. The van der Waals surface area contributed by atoms with Crippen molar-refractivity contribution in [1.29, 1.82) is 0 Å². The molecule has 0 unspecified atom stereocenters. The molecule has 0 aliphatic heterocycles. The minimum absolute atomic E-state index is 0.304. The molecule has 2 N–H and O–H groups in total. The molecule has 0 saturated heterocycles. The quantitative estimate of drug-likeness (QED) is 0.638. The average molecular weight is 383 g/mol. The zero-order valence-electron chi connectivity index (χ0n) is 15.0. The van der Waals surface area contributed by atoms with Crippen molar-refractivity contribution in [3.63, 3.8) is 0 Å². The van der Waals surface area contributed by atoms with Crippen molar-refractivity contribution in [1.82, 2.24) is 9.97 Å². The van der Waals surface area contributed by atoms with Crippen LogP contribution >= 0.6 is 11.6 Å². The number of anilines is 3. The molecule has 3 rings (SSSR count). The minimum atomic E-state index is -0.304. The van der Waals surface area contributed by atoms with Crippen LogP contribution in [0.4, 0.5) is 17.3 Å². The standard InChI is InChI=1S/C20H19ClN4O2/c1-3-27-18-7-5-4-6-16(18)25-20-22-11-14(12-23-20)19(26)24-17-10-15(21)9-8-13(17)2/h4-12H,3H2,1-2H3,(H,24,26)(H,22,23,25). The van der Waals surface area contributed by atoms with Crippen molar-refractivity contribution < 1.29 is 9.53 Å². The van der Waals surface area contributed by atoms with Crippen LogP contribution in [-0.2, 0) is 0 Å². The summed E-state index contributed by atoms with van der Waals surface area (Å²) in [5, 5.41) is 6.47. The van der Waals surface area contributed by atoms with Gasteiger partial charge in [0.05, 0.1) is 17.9 Å². The molecule has 3 aromatic rings. The molecular weight excluding hydrogens is 364 g/mol. The first-order chi connectivity index (χ1) is 13.1. The number of hydrogen-bond acceptors (Lipinski definition) is 5. The number of carbonyl (C=O) groups is 1. The molecule has 0 atom stereocenters. The number of carbonyl (C=O) groups excluding carboxylic acids is 1. The van der Waals surface area contributed by atoms with Crippen LogP contribution in [0.15, 0.2) is 54.9 Å². The third-order valence-electron chi connectivity index (χ3n) is 3.80. The van der Waals surface area contributed by atoms with E-state index in [-0.39, 0.29) is 5.91 Å². The van der Waals surface area contributed by atoms with Gasteiger partial charge in [-0.2, -0.15) is 0 Å². The van der Waals surface area contributed by atoms with Crippen LogP contribution in [0.1, 0.15) is 22.8 Å². The molecule has 7 heteroatoms. The largest absolute Gasteiger partial charge is 0.492 e. The van der Waals surface area contributed by atoms with E-state index in [0.717, 1.165) is 11.3 Å². The molecule has 1 amide bonds. The Morgan fingerprint density at radius 1 is 1.11 bits per heavy atom. The van der Waals surface area contributed by atoms with Crippen molar-refractivity contribution in [2.45, 2.75) is 13.8 Å². The second kappa shape index (κ2) is 8.51.